The Bertz CT molecular complexity index is 960. The van der Waals surface area contributed by atoms with Gasteiger partial charge in [-0.3, -0.25) is 14.6 Å². The van der Waals surface area contributed by atoms with Gasteiger partial charge in [-0.1, -0.05) is 48.5 Å². The average Bonchev–Trinajstić information content (AvgIpc) is 3.49. The minimum atomic E-state index is -0.967. The Morgan fingerprint density at radius 3 is 2.46 bits per heavy atom. The van der Waals surface area contributed by atoms with Gasteiger partial charge >= 0.3 is 0 Å². The Morgan fingerprint density at radius 1 is 0.923 bits per heavy atom. The monoisotopic (exact) mass is 345 g/mol. The molecule has 1 aliphatic carbocycles. The Labute approximate surface area is 151 Å². The van der Waals surface area contributed by atoms with Crippen LogP contribution in [-0.4, -0.2) is 16.8 Å². The van der Waals surface area contributed by atoms with Gasteiger partial charge in [0.1, 0.15) is 5.41 Å². The number of nitrogens with zero attached hydrogens (tertiary/aromatic N) is 1. The Balaban J connectivity index is 1.47. The van der Waals surface area contributed by atoms with Crippen molar-refractivity contribution in [1.82, 2.24) is 10.3 Å². The van der Waals surface area contributed by atoms with Crippen LogP contribution in [0, 0.1) is 5.41 Å². The van der Waals surface area contributed by atoms with Crippen LogP contribution in [0.2, 0.25) is 0 Å². The van der Waals surface area contributed by atoms with E-state index in [2.05, 4.69) is 15.6 Å². The van der Waals surface area contributed by atoms with Gasteiger partial charge in [0.15, 0.2) is 0 Å². The normalized spacial score (nSPS) is 14.6. The fraction of sp³-hybridized carbons (Fsp3) is 0.190. The first-order valence-corrected chi connectivity index (χ1v) is 8.66. The molecule has 1 aliphatic rings. The molecule has 2 amide bonds. The minimum absolute atomic E-state index is 0.216. The zero-order chi connectivity index (χ0) is 18.0. The lowest BCUT2D eigenvalue weighted by molar-refractivity contribution is -0.134. The van der Waals surface area contributed by atoms with E-state index in [1.54, 1.807) is 6.20 Å². The summed E-state index contributed by atoms with van der Waals surface area (Å²) in [6.45, 7) is 0.421. The predicted octanol–water partition coefficient (Wildman–Crippen LogP) is 3.27. The minimum Gasteiger partial charge on any atom is -0.351 e. The number of fused-ring (bicyclic) bond motifs is 1. The summed E-state index contributed by atoms with van der Waals surface area (Å²) in [5.41, 5.74) is 1.40. The zero-order valence-corrected chi connectivity index (χ0v) is 14.2. The number of carbonyl (C=O) groups excluding carboxylic acids is 2. The third kappa shape index (κ3) is 3.04. The van der Waals surface area contributed by atoms with Crippen LogP contribution in [0.25, 0.3) is 10.9 Å². The Morgan fingerprint density at radius 2 is 1.69 bits per heavy atom. The van der Waals surface area contributed by atoms with Gasteiger partial charge in [0, 0.05) is 18.1 Å². The zero-order valence-electron chi connectivity index (χ0n) is 14.2. The van der Waals surface area contributed by atoms with E-state index in [0.717, 1.165) is 16.5 Å². The fourth-order valence-electron chi connectivity index (χ4n) is 3.08. The molecule has 5 heteroatoms. The van der Waals surface area contributed by atoms with E-state index in [1.165, 1.54) is 0 Å². The van der Waals surface area contributed by atoms with E-state index in [0.29, 0.717) is 25.1 Å². The fourth-order valence-corrected chi connectivity index (χ4v) is 3.08. The first kappa shape index (κ1) is 16.3. The topological polar surface area (TPSA) is 71.1 Å². The Hall–Kier alpha value is -3.21. The van der Waals surface area contributed by atoms with Crippen LogP contribution in [0.4, 0.5) is 5.69 Å². The summed E-state index contributed by atoms with van der Waals surface area (Å²) in [4.78, 5) is 29.7. The Kier molecular flexibility index (Phi) is 4.13. The van der Waals surface area contributed by atoms with Gasteiger partial charge in [-0.05, 0) is 30.5 Å². The molecular weight excluding hydrogens is 326 g/mol. The standard InChI is InChI=1S/C21H19N3O2/c25-19(23-14-15-6-2-1-3-7-15)21(11-12-21)20(26)24-17-10-4-8-16-9-5-13-22-18(16)17/h1-10,13H,11-12,14H2,(H,23,25)(H,24,26). The molecule has 0 saturated heterocycles. The molecule has 1 aromatic heterocycles. The maximum absolute atomic E-state index is 12.8. The van der Waals surface area contributed by atoms with Crippen LogP contribution in [0.15, 0.2) is 66.9 Å². The lowest BCUT2D eigenvalue weighted by atomic mass is 10.0. The molecule has 26 heavy (non-hydrogen) atoms. The predicted molar refractivity (Wildman–Crippen MR) is 100 cm³/mol. The third-order valence-corrected chi connectivity index (χ3v) is 4.80. The van der Waals surface area contributed by atoms with Gasteiger partial charge in [-0.25, -0.2) is 0 Å². The highest BCUT2D eigenvalue weighted by Gasteiger charge is 2.56. The van der Waals surface area contributed by atoms with Crippen LogP contribution in [0.5, 0.6) is 0 Å². The maximum Gasteiger partial charge on any atom is 0.240 e. The highest BCUT2D eigenvalue weighted by molar-refractivity contribution is 6.14. The number of benzene rings is 2. The van der Waals surface area contributed by atoms with Gasteiger partial charge in [0.05, 0.1) is 11.2 Å². The molecular formula is C21H19N3O2. The summed E-state index contributed by atoms with van der Waals surface area (Å²) in [5.74, 6) is -0.478. The molecule has 1 heterocycles. The van der Waals surface area contributed by atoms with Crippen LogP contribution < -0.4 is 10.6 Å². The van der Waals surface area contributed by atoms with Gasteiger partial charge < -0.3 is 10.6 Å². The molecule has 0 spiro atoms. The van der Waals surface area contributed by atoms with Crippen molar-refractivity contribution in [1.29, 1.82) is 0 Å². The molecule has 2 N–H and O–H groups in total. The lowest BCUT2D eigenvalue weighted by Crippen LogP contribution is -2.39. The van der Waals surface area contributed by atoms with Crippen molar-refractivity contribution >= 4 is 28.4 Å². The molecule has 0 aliphatic heterocycles. The maximum atomic E-state index is 12.8. The number of para-hydroxylation sites is 1. The van der Waals surface area contributed by atoms with Gasteiger partial charge in [-0.2, -0.15) is 0 Å². The molecule has 0 radical (unpaired) electrons. The van der Waals surface area contributed by atoms with Gasteiger partial charge in [0.2, 0.25) is 11.8 Å². The van der Waals surface area contributed by atoms with Crippen molar-refractivity contribution in [3.63, 3.8) is 0 Å². The highest BCUT2D eigenvalue weighted by Crippen LogP contribution is 2.47. The second-order valence-electron chi connectivity index (χ2n) is 6.59. The number of carbonyl (C=O) groups is 2. The number of nitrogens with one attached hydrogen (secondary N) is 2. The summed E-state index contributed by atoms with van der Waals surface area (Å²) in [7, 11) is 0. The molecule has 0 atom stereocenters. The highest BCUT2D eigenvalue weighted by atomic mass is 16.2. The summed E-state index contributed by atoms with van der Waals surface area (Å²) < 4.78 is 0. The average molecular weight is 345 g/mol. The van der Waals surface area contributed by atoms with Crippen molar-refractivity contribution in [2.45, 2.75) is 19.4 Å². The van der Waals surface area contributed by atoms with Gasteiger partial charge in [-0.15, -0.1) is 0 Å². The van der Waals surface area contributed by atoms with Crippen molar-refractivity contribution in [2.75, 3.05) is 5.32 Å². The second kappa shape index (κ2) is 6.59. The molecule has 130 valence electrons. The van der Waals surface area contributed by atoms with Crippen molar-refractivity contribution < 1.29 is 9.59 Å². The molecule has 4 rings (SSSR count). The van der Waals surface area contributed by atoms with Crippen molar-refractivity contribution in [2.24, 2.45) is 5.41 Å². The number of hydrogen-bond donors (Lipinski definition) is 2. The van der Waals surface area contributed by atoms with E-state index in [4.69, 9.17) is 0 Å². The lowest BCUT2D eigenvalue weighted by Gasteiger charge is -2.16. The van der Waals surface area contributed by atoms with Crippen molar-refractivity contribution in [3.05, 3.63) is 72.4 Å². The van der Waals surface area contributed by atoms with Crippen LogP contribution in [0.1, 0.15) is 18.4 Å². The number of hydrogen-bond acceptors (Lipinski definition) is 3. The second-order valence-corrected chi connectivity index (χ2v) is 6.59. The largest absolute Gasteiger partial charge is 0.351 e. The summed E-state index contributed by atoms with van der Waals surface area (Å²) in [5, 5.41) is 6.74. The number of amides is 2. The number of pyridine rings is 1. The quantitative estimate of drug-likeness (QED) is 0.697. The molecule has 1 saturated carbocycles. The van der Waals surface area contributed by atoms with E-state index >= 15 is 0 Å². The van der Waals surface area contributed by atoms with Crippen LogP contribution >= 0.6 is 0 Å². The van der Waals surface area contributed by atoms with E-state index in [-0.39, 0.29) is 11.8 Å². The number of rotatable bonds is 5. The SMILES string of the molecule is O=C(NCc1ccccc1)C1(C(=O)Nc2cccc3cccnc23)CC1. The first-order valence-electron chi connectivity index (χ1n) is 8.66. The number of aromatic nitrogens is 1. The van der Waals surface area contributed by atoms with E-state index < -0.39 is 5.41 Å². The van der Waals surface area contributed by atoms with Crippen LogP contribution in [-0.2, 0) is 16.1 Å². The van der Waals surface area contributed by atoms with Gasteiger partial charge in [0.25, 0.3) is 0 Å². The molecule has 0 unspecified atom stereocenters. The summed E-state index contributed by atoms with van der Waals surface area (Å²) in [6.07, 6.45) is 2.83. The van der Waals surface area contributed by atoms with Crippen LogP contribution in [0.3, 0.4) is 0 Å². The third-order valence-electron chi connectivity index (χ3n) is 4.80. The molecule has 1 fully saturated rings. The number of anilines is 1. The first-order chi connectivity index (χ1) is 12.7. The van der Waals surface area contributed by atoms with E-state index in [9.17, 15) is 9.59 Å². The molecule has 0 bridgehead atoms. The smallest absolute Gasteiger partial charge is 0.240 e. The summed E-state index contributed by atoms with van der Waals surface area (Å²) in [6, 6.07) is 19.1. The van der Waals surface area contributed by atoms with Crippen molar-refractivity contribution in [3.8, 4) is 0 Å². The molecule has 2 aromatic carbocycles. The van der Waals surface area contributed by atoms with E-state index in [1.807, 2.05) is 60.7 Å². The molecule has 3 aromatic rings. The summed E-state index contributed by atoms with van der Waals surface area (Å²) >= 11 is 0. The molecule has 5 nitrogen and oxygen atoms in total.